The van der Waals surface area contributed by atoms with Crippen molar-refractivity contribution in [3.8, 4) is 0 Å². The van der Waals surface area contributed by atoms with Gasteiger partial charge in [0.25, 0.3) is 11.5 Å². The molecule has 0 spiro atoms. The van der Waals surface area contributed by atoms with Crippen LogP contribution in [0.4, 0.5) is 15.8 Å². The quantitative estimate of drug-likeness (QED) is 0.580. The van der Waals surface area contributed by atoms with Crippen LogP contribution in [0.3, 0.4) is 0 Å². The zero-order valence-corrected chi connectivity index (χ0v) is 18.8. The average molecular weight is 499 g/mol. The topological polar surface area (TPSA) is 84.3 Å². The summed E-state index contributed by atoms with van der Waals surface area (Å²) in [7, 11) is 0. The number of fused-ring (bicyclic) bond motifs is 1. The minimum Gasteiger partial charge on any atom is -0.324 e. The number of aryl methyl sites for hydroxylation is 1. The number of carbonyl (C=O) groups is 2. The highest BCUT2D eigenvalue weighted by atomic mass is 79.9. The summed E-state index contributed by atoms with van der Waals surface area (Å²) in [6, 6.07) is 14.6. The number of benzene rings is 2. The number of hydrogen-bond donors (Lipinski definition) is 1. The van der Waals surface area contributed by atoms with E-state index < -0.39 is 17.3 Å². The minimum atomic E-state index is -0.573. The first-order valence-corrected chi connectivity index (χ1v) is 10.9. The predicted molar refractivity (Wildman–Crippen MR) is 122 cm³/mol. The molecular weight excluding hydrogens is 479 g/mol. The van der Waals surface area contributed by atoms with Gasteiger partial charge in [-0.1, -0.05) is 34.1 Å². The molecule has 2 amide bonds. The second-order valence-electron chi connectivity index (χ2n) is 7.56. The normalized spacial score (nSPS) is 14.8. The number of nitrogens with zero attached hydrogens (tertiary/aromatic N) is 3. The Labute approximate surface area is 192 Å². The Balaban J connectivity index is 1.48. The Hall–Kier alpha value is -3.33. The lowest BCUT2D eigenvalue weighted by molar-refractivity contribution is -0.116. The lowest BCUT2D eigenvalue weighted by Gasteiger charge is -2.22. The molecule has 0 fully saturated rings. The number of nitrogens with one attached hydrogen (secondary N) is 1. The van der Waals surface area contributed by atoms with E-state index in [-0.39, 0.29) is 36.3 Å². The summed E-state index contributed by atoms with van der Waals surface area (Å²) >= 11 is 3.16. The summed E-state index contributed by atoms with van der Waals surface area (Å²) in [5.74, 6) is -1.35. The van der Waals surface area contributed by atoms with Crippen LogP contribution in [0.5, 0.6) is 0 Å². The van der Waals surface area contributed by atoms with Crippen LogP contribution in [0.15, 0.2) is 63.9 Å². The first kappa shape index (κ1) is 21.9. The molecule has 1 aromatic heterocycles. The molecular formula is C23H20BrFN4O3. The maximum absolute atomic E-state index is 13.9. The number of anilines is 2. The van der Waals surface area contributed by atoms with Gasteiger partial charge in [0.05, 0.1) is 12.2 Å². The van der Waals surface area contributed by atoms with Gasteiger partial charge in [-0.2, -0.15) is 5.10 Å². The Morgan fingerprint density at radius 2 is 1.97 bits per heavy atom. The summed E-state index contributed by atoms with van der Waals surface area (Å²) in [5.41, 5.74) is 1.65. The fraction of sp³-hybridized carbons (Fsp3) is 0.217. The maximum atomic E-state index is 13.9. The van der Waals surface area contributed by atoms with Crippen molar-refractivity contribution in [2.45, 2.75) is 32.4 Å². The molecule has 7 nitrogen and oxygen atoms in total. The van der Waals surface area contributed by atoms with Gasteiger partial charge >= 0.3 is 0 Å². The fourth-order valence-corrected chi connectivity index (χ4v) is 4.07. The molecule has 3 aromatic rings. The Kier molecular flexibility index (Phi) is 6.18. The SMILES string of the molecule is C[C@H]1Cc2ccccc2N1C(=O)c1ccc(=O)n(CCC(=O)Nc2ccc(Br)cc2F)n1. The molecule has 1 N–H and O–H groups in total. The van der Waals surface area contributed by atoms with E-state index in [9.17, 15) is 18.8 Å². The van der Waals surface area contributed by atoms with E-state index in [1.807, 2.05) is 31.2 Å². The summed E-state index contributed by atoms with van der Waals surface area (Å²) in [6.07, 6.45) is 0.636. The van der Waals surface area contributed by atoms with E-state index in [1.165, 1.54) is 24.3 Å². The van der Waals surface area contributed by atoms with Crippen LogP contribution in [0, 0.1) is 5.82 Å². The third-order valence-electron chi connectivity index (χ3n) is 5.27. The molecule has 2 heterocycles. The third-order valence-corrected chi connectivity index (χ3v) is 5.76. The fourth-order valence-electron chi connectivity index (χ4n) is 3.73. The highest BCUT2D eigenvalue weighted by Crippen LogP contribution is 2.32. The van der Waals surface area contributed by atoms with Crippen molar-refractivity contribution >= 4 is 39.1 Å². The molecule has 32 heavy (non-hydrogen) atoms. The standard InChI is InChI=1S/C23H20BrFN4O3/c1-14-12-15-4-2-3-5-20(15)29(14)23(32)19-8-9-22(31)28(27-19)11-10-21(30)26-18-7-6-16(24)13-17(18)25/h2-9,13-14H,10-12H2,1H3,(H,26,30)/t14-/m0/s1. The van der Waals surface area contributed by atoms with Crippen LogP contribution in [0.1, 0.15) is 29.4 Å². The highest BCUT2D eigenvalue weighted by Gasteiger charge is 2.32. The van der Waals surface area contributed by atoms with Crippen LogP contribution in [0.25, 0.3) is 0 Å². The van der Waals surface area contributed by atoms with Gasteiger partial charge in [-0.15, -0.1) is 0 Å². The molecule has 164 valence electrons. The maximum Gasteiger partial charge on any atom is 0.278 e. The van der Waals surface area contributed by atoms with E-state index in [0.29, 0.717) is 4.47 Å². The summed E-state index contributed by atoms with van der Waals surface area (Å²) in [6.45, 7) is 1.91. The molecule has 0 unspecified atom stereocenters. The van der Waals surface area contributed by atoms with Crippen molar-refractivity contribution in [3.05, 3.63) is 86.5 Å². The molecule has 1 aliphatic rings. The number of carbonyl (C=O) groups excluding carboxylic acids is 2. The number of amides is 2. The van der Waals surface area contributed by atoms with Crippen LogP contribution in [0.2, 0.25) is 0 Å². The predicted octanol–water partition coefficient (Wildman–Crippen LogP) is 3.77. The number of hydrogen-bond acceptors (Lipinski definition) is 4. The summed E-state index contributed by atoms with van der Waals surface area (Å²) in [5, 5.41) is 6.66. The first-order valence-electron chi connectivity index (χ1n) is 10.1. The Morgan fingerprint density at radius 3 is 2.75 bits per heavy atom. The van der Waals surface area contributed by atoms with Gasteiger partial charge in [0, 0.05) is 28.7 Å². The zero-order chi connectivity index (χ0) is 22.8. The molecule has 4 rings (SSSR count). The van der Waals surface area contributed by atoms with Crippen molar-refractivity contribution in [1.82, 2.24) is 9.78 Å². The number of halogens is 2. The number of rotatable bonds is 5. The van der Waals surface area contributed by atoms with E-state index in [0.717, 1.165) is 22.4 Å². The first-order chi connectivity index (χ1) is 15.3. The van der Waals surface area contributed by atoms with Crippen LogP contribution < -0.4 is 15.8 Å². The van der Waals surface area contributed by atoms with Crippen molar-refractivity contribution in [1.29, 1.82) is 0 Å². The summed E-state index contributed by atoms with van der Waals surface area (Å²) < 4.78 is 15.5. The summed E-state index contributed by atoms with van der Waals surface area (Å²) in [4.78, 5) is 39.3. The molecule has 0 saturated heterocycles. The molecule has 0 bridgehead atoms. The van der Waals surface area contributed by atoms with E-state index in [4.69, 9.17) is 0 Å². The van der Waals surface area contributed by atoms with Gasteiger partial charge < -0.3 is 10.2 Å². The largest absolute Gasteiger partial charge is 0.324 e. The Morgan fingerprint density at radius 1 is 1.19 bits per heavy atom. The second-order valence-corrected chi connectivity index (χ2v) is 8.47. The molecule has 1 aliphatic heterocycles. The molecule has 0 saturated carbocycles. The van der Waals surface area contributed by atoms with E-state index >= 15 is 0 Å². The van der Waals surface area contributed by atoms with Crippen LogP contribution in [-0.4, -0.2) is 27.6 Å². The van der Waals surface area contributed by atoms with Gasteiger partial charge in [-0.3, -0.25) is 14.4 Å². The number of para-hydroxylation sites is 1. The van der Waals surface area contributed by atoms with Crippen LogP contribution >= 0.6 is 15.9 Å². The van der Waals surface area contributed by atoms with E-state index in [1.54, 1.807) is 11.0 Å². The van der Waals surface area contributed by atoms with Gasteiger partial charge in [-0.05, 0) is 49.2 Å². The second kappa shape index (κ2) is 9.04. The molecule has 0 aliphatic carbocycles. The van der Waals surface area contributed by atoms with Crippen molar-refractivity contribution in [2.75, 3.05) is 10.2 Å². The number of aromatic nitrogens is 2. The highest BCUT2D eigenvalue weighted by molar-refractivity contribution is 9.10. The molecule has 9 heteroatoms. The molecule has 1 atom stereocenters. The lowest BCUT2D eigenvalue weighted by Crippen LogP contribution is -2.37. The van der Waals surface area contributed by atoms with Gasteiger partial charge in [-0.25, -0.2) is 9.07 Å². The molecule has 0 radical (unpaired) electrons. The Bertz CT molecular complexity index is 1260. The monoisotopic (exact) mass is 498 g/mol. The van der Waals surface area contributed by atoms with Crippen molar-refractivity contribution < 1.29 is 14.0 Å². The minimum absolute atomic E-state index is 0.0336. The average Bonchev–Trinajstić information content (AvgIpc) is 3.10. The third kappa shape index (κ3) is 4.47. The molecule has 2 aromatic carbocycles. The van der Waals surface area contributed by atoms with Crippen molar-refractivity contribution in [2.24, 2.45) is 0 Å². The van der Waals surface area contributed by atoms with Gasteiger partial charge in [0.1, 0.15) is 11.5 Å². The van der Waals surface area contributed by atoms with Gasteiger partial charge in [0.2, 0.25) is 5.91 Å². The smallest absolute Gasteiger partial charge is 0.278 e. The van der Waals surface area contributed by atoms with Crippen LogP contribution in [-0.2, 0) is 17.8 Å². The van der Waals surface area contributed by atoms with Crippen molar-refractivity contribution in [3.63, 3.8) is 0 Å². The van der Waals surface area contributed by atoms with E-state index in [2.05, 4.69) is 26.3 Å². The zero-order valence-electron chi connectivity index (χ0n) is 17.2. The lowest BCUT2D eigenvalue weighted by atomic mass is 10.1. The van der Waals surface area contributed by atoms with Gasteiger partial charge in [0.15, 0.2) is 0 Å².